The minimum atomic E-state index is 0.763. The summed E-state index contributed by atoms with van der Waals surface area (Å²) in [4.78, 5) is 0. The van der Waals surface area contributed by atoms with Gasteiger partial charge in [0.2, 0.25) is 0 Å². The van der Waals surface area contributed by atoms with Crippen molar-refractivity contribution in [3.8, 4) is 0 Å². The van der Waals surface area contributed by atoms with Gasteiger partial charge < -0.3 is 0 Å². The molecule has 0 aliphatic carbocycles. The maximum Gasteiger partial charge on any atom is 0.142 e. The van der Waals surface area contributed by atoms with Crippen molar-refractivity contribution in [2.24, 2.45) is 0 Å². The smallest absolute Gasteiger partial charge is 0.142 e. The molecule has 0 aliphatic rings. The molecule has 0 saturated carbocycles. The quantitative estimate of drug-likeness (QED) is 0.450. The van der Waals surface area contributed by atoms with Crippen LogP contribution < -0.4 is 0 Å². The lowest BCUT2D eigenvalue weighted by Gasteiger charge is -1.87. The summed E-state index contributed by atoms with van der Waals surface area (Å²) < 4.78 is 0. The normalized spacial score (nSPS) is 11.3. The lowest BCUT2D eigenvalue weighted by atomic mass is 10.2. The van der Waals surface area contributed by atoms with Crippen molar-refractivity contribution < 1.29 is 5.11 Å². The van der Waals surface area contributed by atoms with Crippen LogP contribution in [0.4, 0.5) is 0 Å². The van der Waals surface area contributed by atoms with E-state index in [-0.39, 0.29) is 0 Å². The van der Waals surface area contributed by atoms with Crippen molar-refractivity contribution in [3.05, 3.63) is 54.3 Å². The third kappa shape index (κ3) is 2.72. The second kappa shape index (κ2) is 4.34. The van der Waals surface area contributed by atoms with Crippen LogP contribution in [0.5, 0.6) is 0 Å². The Morgan fingerprint density at radius 3 is 2.36 bits per heavy atom. The first-order valence-electron chi connectivity index (χ1n) is 3.44. The first kappa shape index (κ1) is 7.61. The van der Waals surface area contributed by atoms with Gasteiger partial charge in [0.25, 0.3) is 0 Å². The Morgan fingerprint density at radius 1 is 1.00 bits per heavy atom. The molecule has 1 heteroatoms. The molecule has 0 bridgehead atoms. The van der Waals surface area contributed by atoms with E-state index >= 15 is 0 Å². The van der Waals surface area contributed by atoms with Crippen molar-refractivity contribution >= 4 is 6.08 Å². The summed E-state index contributed by atoms with van der Waals surface area (Å²) in [5.74, 6) is 0. The van der Waals surface area contributed by atoms with Crippen molar-refractivity contribution in [2.45, 2.75) is 0 Å². The van der Waals surface area contributed by atoms with E-state index in [1.165, 1.54) is 6.08 Å². The minimum Gasteiger partial charge on any atom is -0.299 e. The molecule has 0 saturated heterocycles. The predicted octanol–water partition coefficient (Wildman–Crippen LogP) is 2.64. The Kier molecular flexibility index (Phi) is 3.00. The number of hydrogen-bond acceptors (Lipinski definition) is 0. The third-order valence-corrected chi connectivity index (χ3v) is 1.28. The molecule has 0 atom stereocenters. The van der Waals surface area contributed by atoms with E-state index in [0.29, 0.717) is 0 Å². The van der Waals surface area contributed by atoms with Gasteiger partial charge in [0.05, 0.1) is 0 Å². The van der Waals surface area contributed by atoms with Crippen LogP contribution in [0.3, 0.4) is 0 Å². The zero-order valence-electron chi connectivity index (χ0n) is 6.10. The molecule has 0 heterocycles. The molecule has 0 amide bonds. The van der Waals surface area contributed by atoms with Crippen LogP contribution in [0.25, 0.3) is 6.08 Å². The fourth-order valence-electron chi connectivity index (χ4n) is 0.776. The fourth-order valence-corrected chi connectivity index (χ4v) is 0.776. The van der Waals surface area contributed by atoms with Crippen LogP contribution in [-0.2, 0) is 5.11 Å². The monoisotopic (exact) mass is 145 g/mol. The highest BCUT2D eigenvalue weighted by Gasteiger charge is 1.78. The summed E-state index contributed by atoms with van der Waals surface area (Å²) in [6.45, 7) is 0. The largest absolute Gasteiger partial charge is 0.299 e. The maximum absolute atomic E-state index is 9.89. The van der Waals surface area contributed by atoms with Gasteiger partial charge >= 0.3 is 0 Å². The van der Waals surface area contributed by atoms with Gasteiger partial charge in [-0.3, -0.25) is 5.11 Å². The van der Waals surface area contributed by atoms with E-state index in [4.69, 9.17) is 0 Å². The van der Waals surface area contributed by atoms with Crippen LogP contribution >= 0.6 is 0 Å². The van der Waals surface area contributed by atoms with Gasteiger partial charge in [-0.05, 0) is 11.6 Å². The van der Waals surface area contributed by atoms with Gasteiger partial charge in [-0.25, -0.2) is 0 Å². The lowest BCUT2D eigenvalue weighted by Crippen LogP contribution is -1.66. The molecule has 0 fully saturated rings. The van der Waals surface area contributed by atoms with Gasteiger partial charge in [-0.15, -0.1) is 0 Å². The predicted molar refractivity (Wildman–Crippen MR) is 45.3 cm³/mol. The second-order valence-electron chi connectivity index (χ2n) is 2.10. The molecule has 1 rings (SSSR count). The Balaban J connectivity index is 2.64. The van der Waals surface area contributed by atoms with Crippen molar-refractivity contribution in [3.63, 3.8) is 0 Å². The number of allylic oxidation sites excluding steroid dienone is 2. The van der Waals surface area contributed by atoms with Crippen molar-refractivity contribution in [1.29, 1.82) is 0 Å². The Bertz CT molecular complexity index is 247. The van der Waals surface area contributed by atoms with E-state index in [0.717, 1.165) is 11.8 Å². The molecule has 55 valence electrons. The average Bonchev–Trinajstić information content (AvgIpc) is 2.07. The van der Waals surface area contributed by atoms with Crippen LogP contribution in [-0.4, -0.2) is 0 Å². The van der Waals surface area contributed by atoms with Gasteiger partial charge in [0.1, 0.15) is 6.26 Å². The third-order valence-electron chi connectivity index (χ3n) is 1.28. The molecular formula is C10H9O. The van der Waals surface area contributed by atoms with E-state index in [1.807, 2.05) is 36.4 Å². The molecule has 1 nitrogen and oxygen atoms in total. The van der Waals surface area contributed by atoms with Crippen LogP contribution in [0.15, 0.2) is 48.7 Å². The molecule has 0 unspecified atom stereocenters. The van der Waals surface area contributed by atoms with Crippen molar-refractivity contribution in [2.75, 3.05) is 0 Å². The highest BCUT2D eigenvalue weighted by Crippen LogP contribution is 2.00. The summed E-state index contributed by atoms with van der Waals surface area (Å²) in [7, 11) is 0. The first-order chi connectivity index (χ1) is 5.43. The summed E-state index contributed by atoms with van der Waals surface area (Å²) in [5, 5.41) is 9.89. The molecule has 0 N–H and O–H groups in total. The van der Waals surface area contributed by atoms with Gasteiger partial charge in [-0.1, -0.05) is 42.5 Å². The number of rotatable bonds is 2. The van der Waals surface area contributed by atoms with Crippen LogP contribution in [0.1, 0.15) is 5.56 Å². The van der Waals surface area contributed by atoms with E-state index < -0.39 is 0 Å². The first-order valence-corrected chi connectivity index (χ1v) is 3.44. The number of benzene rings is 1. The standard InChI is InChI=1S/C10H9O/c11-9-5-4-8-10-6-2-1-3-7-10/h1-9H. The molecule has 1 aromatic carbocycles. The highest BCUT2D eigenvalue weighted by atomic mass is 16.2. The van der Waals surface area contributed by atoms with Gasteiger partial charge in [0.15, 0.2) is 0 Å². The van der Waals surface area contributed by atoms with Crippen molar-refractivity contribution in [1.82, 2.24) is 0 Å². The molecule has 1 radical (unpaired) electrons. The zero-order valence-corrected chi connectivity index (χ0v) is 6.10. The Morgan fingerprint density at radius 2 is 1.73 bits per heavy atom. The molecule has 0 spiro atoms. The molecule has 0 aliphatic heterocycles. The SMILES string of the molecule is [O]C=CC=Cc1ccccc1. The summed E-state index contributed by atoms with van der Waals surface area (Å²) >= 11 is 0. The molecular weight excluding hydrogens is 136 g/mol. The molecule has 11 heavy (non-hydrogen) atoms. The van der Waals surface area contributed by atoms with Crippen LogP contribution in [0, 0.1) is 0 Å². The van der Waals surface area contributed by atoms with Gasteiger partial charge in [0, 0.05) is 0 Å². The van der Waals surface area contributed by atoms with E-state index in [2.05, 4.69) is 0 Å². The maximum atomic E-state index is 9.89. The van der Waals surface area contributed by atoms with Crippen LogP contribution in [0.2, 0.25) is 0 Å². The topological polar surface area (TPSA) is 19.9 Å². The lowest BCUT2D eigenvalue weighted by molar-refractivity contribution is 0.352. The molecule has 1 aromatic rings. The van der Waals surface area contributed by atoms with Gasteiger partial charge in [-0.2, -0.15) is 0 Å². The molecule has 0 aromatic heterocycles. The Hall–Kier alpha value is -1.50. The van der Waals surface area contributed by atoms with E-state index in [9.17, 15) is 5.11 Å². The average molecular weight is 145 g/mol. The minimum absolute atomic E-state index is 0.763. The zero-order chi connectivity index (χ0) is 7.94. The Labute approximate surface area is 66.3 Å². The second-order valence-corrected chi connectivity index (χ2v) is 2.10. The van der Waals surface area contributed by atoms with E-state index in [1.54, 1.807) is 6.08 Å². The number of hydrogen-bond donors (Lipinski definition) is 0. The summed E-state index contributed by atoms with van der Waals surface area (Å²) in [5.41, 5.74) is 1.10. The summed E-state index contributed by atoms with van der Waals surface area (Å²) in [6.07, 6.45) is 5.84. The summed E-state index contributed by atoms with van der Waals surface area (Å²) in [6, 6.07) is 9.84. The fraction of sp³-hybridized carbons (Fsp3) is 0. The highest BCUT2D eigenvalue weighted by molar-refractivity contribution is 5.50.